The molecule has 7 heteroatoms. The second-order valence-electron chi connectivity index (χ2n) is 9.23. The van der Waals surface area contributed by atoms with E-state index in [4.69, 9.17) is 16.3 Å². The predicted octanol–water partition coefficient (Wildman–Crippen LogP) is 5.64. The second kappa shape index (κ2) is 7.74. The van der Waals surface area contributed by atoms with Crippen LogP contribution >= 0.6 is 23.4 Å². The molecular weight excluding hydrogens is 456 g/mol. The summed E-state index contributed by atoms with van der Waals surface area (Å²) in [5, 5.41) is 1.44. The Morgan fingerprint density at radius 1 is 1.15 bits per heavy atom. The Kier molecular flexibility index (Phi) is 4.93. The normalized spacial score (nSPS) is 29.8. The van der Waals surface area contributed by atoms with Gasteiger partial charge in [-0.1, -0.05) is 48.4 Å². The molecule has 1 unspecified atom stereocenters. The quantitative estimate of drug-likeness (QED) is 0.392. The van der Waals surface area contributed by atoms with Crippen LogP contribution in [0.3, 0.4) is 0 Å². The summed E-state index contributed by atoms with van der Waals surface area (Å²) >= 11 is 7.49. The first-order chi connectivity index (χ1) is 16.0. The highest BCUT2D eigenvalue weighted by atomic mass is 35.5. The van der Waals surface area contributed by atoms with Crippen molar-refractivity contribution in [1.82, 2.24) is 4.90 Å². The van der Waals surface area contributed by atoms with E-state index in [1.807, 2.05) is 55.5 Å². The van der Waals surface area contributed by atoms with Crippen molar-refractivity contribution in [3.05, 3.63) is 75.1 Å². The van der Waals surface area contributed by atoms with Gasteiger partial charge in [0, 0.05) is 35.5 Å². The van der Waals surface area contributed by atoms with E-state index in [-0.39, 0.29) is 23.8 Å². The number of aliphatic imine (C=N–C) groups is 1. The molecule has 1 aliphatic carbocycles. The molecule has 3 atom stereocenters. The van der Waals surface area contributed by atoms with E-state index in [2.05, 4.69) is 9.89 Å². The van der Waals surface area contributed by atoms with E-state index in [1.54, 1.807) is 0 Å². The maximum Gasteiger partial charge on any atom is 0.339 e. The van der Waals surface area contributed by atoms with E-state index in [1.165, 1.54) is 11.8 Å². The van der Waals surface area contributed by atoms with Gasteiger partial charge in [-0.3, -0.25) is 4.79 Å². The van der Waals surface area contributed by atoms with Crippen LogP contribution in [0, 0.1) is 5.92 Å². The highest BCUT2D eigenvalue weighted by Crippen LogP contribution is 2.54. The number of piperidine rings is 1. The van der Waals surface area contributed by atoms with Gasteiger partial charge in [-0.25, -0.2) is 4.79 Å². The molecule has 1 saturated carbocycles. The number of ether oxygens (including phenoxy) is 1. The minimum atomic E-state index is -0.558. The molecule has 4 aliphatic heterocycles. The van der Waals surface area contributed by atoms with Gasteiger partial charge in [0.1, 0.15) is 5.60 Å². The van der Waals surface area contributed by atoms with Crippen molar-refractivity contribution in [2.45, 2.75) is 44.2 Å². The van der Waals surface area contributed by atoms with Crippen LogP contribution < -0.4 is 0 Å². The molecule has 7 rings (SSSR count). The van der Waals surface area contributed by atoms with Crippen LogP contribution in [0.2, 0.25) is 5.02 Å². The number of hydrogen-bond donors (Lipinski definition) is 0. The number of benzene rings is 2. The molecule has 2 bridgehead atoms. The maximum atomic E-state index is 12.9. The number of thioether (sulfide) groups is 1. The molecule has 2 saturated heterocycles. The number of halogens is 1. The molecule has 5 nitrogen and oxygen atoms in total. The Balaban J connectivity index is 1.30. The summed E-state index contributed by atoms with van der Waals surface area (Å²) < 4.78 is 6.13. The molecule has 4 heterocycles. The molecule has 2 aromatic carbocycles. The molecule has 0 aromatic heterocycles. The molecule has 33 heavy (non-hydrogen) atoms. The summed E-state index contributed by atoms with van der Waals surface area (Å²) in [5.74, 6) is -0.223. The van der Waals surface area contributed by atoms with Gasteiger partial charge in [0.05, 0.1) is 10.5 Å². The van der Waals surface area contributed by atoms with Crippen LogP contribution in [0.4, 0.5) is 0 Å². The summed E-state index contributed by atoms with van der Waals surface area (Å²) in [7, 11) is 0. The van der Waals surface area contributed by atoms with Crippen LogP contribution in [0.25, 0.3) is 5.57 Å². The number of allylic oxidation sites excluding steroid dienone is 1. The van der Waals surface area contributed by atoms with Crippen molar-refractivity contribution in [2.75, 3.05) is 6.54 Å². The average Bonchev–Trinajstić information content (AvgIpc) is 3.16. The number of carbonyl (C=O) groups is 2. The standard InChI is InChI=1S/C26H23ClN2O3S/c1-15(16-9-11-18(27)12-10-16)22-23(30)28-25(33-22)29-14-17-5-4-6-19(29)13-26(17)21-8-3-2-7-20(21)24(31)32-26/h2-3,7-12,17,19H,4-6,13-14H2,1H3/b22-15-/t17?,19-,26-/m1/s1. The van der Waals surface area contributed by atoms with Crippen molar-refractivity contribution < 1.29 is 14.3 Å². The molecule has 1 spiro atoms. The van der Waals surface area contributed by atoms with Crippen molar-refractivity contribution >= 4 is 46.0 Å². The first-order valence-electron chi connectivity index (χ1n) is 11.3. The summed E-state index contributed by atoms with van der Waals surface area (Å²) in [6, 6.07) is 15.5. The fraction of sp³-hybridized carbons (Fsp3) is 0.346. The first kappa shape index (κ1) is 21.0. The smallest absolute Gasteiger partial charge is 0.339 e. The minimum Gasteiger partial charge on any atom is -0.450 e. The van der Waals surface area contributed by atoms with Crippen LogP contribution in [0.15, 0.2) is 58.4 Å². The van der Waals surface area contributed by atoms with Gasteiger partial charge in [-0.2, -0.15) is 4.99 Å². The number of hydrogen-bond acceptors (Lipinski definition) is 5. The first-order valence-corrected chi connectivity index (χ1v) is 12.5. The highest BCUT2D eigenvalue weighted by molar-refractivity contribution is 8.18. The van der Waals surface area contributed by atoms with Gasteiger partial charge in [0.15, 0.2) is 5.17 Å². The Bertz CT molecular complexity index is 1240. The van der Waals surface area contributed by atoms with Crippen LogP contribution in [-0.2, 0) is 15.1 Å². The lowest BCUT2D eigenvalue weighted by atomic mass is 9.74. The lowest BCUT2D eigenvalue weighted by Gasteiger charge is -2.47. The van der Waals surface area contributed by atoms with Crippen molar-refractivity contribution in [1.29, 1.82) is 0 Å². The highest BCUT2D eigenvalue weighted by Gasteiger charge is 2.57. The second-order valence-corrected chi connectivity index (χ2v) is 10.6. The molecule has 2 aromatic rings. The lowest BCUT2D eigenvalue weighted by molar-refractivity contribution is -0.113. The number of carbonyl (C=O) groups excluding carboxylic acids is 2. The van der Waals surface area contributed by atoms with Crippen LogP contribution in [0.1, 0.15) is 54.1 Å². The molecule has 0 N–H and O–H groups in total. The number of rotatable bonds is 1. The van der Waals surface area contributed by atoms with E-state index in [0.717, 1.165) is 54.1 Å². The number of nitrogens with zero attached hydrogens (tertiary/aromatic N) is 2. The lowest BCUT2D eigenvalue weighted by Crippen LogP contribution is -2.54. The predicted molar refractivity (Wildman–Crippen MR) is 130 cm³/mol. The third-order valence-corrected chi connectivity index (χ3v) is 8.92. The zero-order valence-electron chi connectivity index (χ0n) is 18.2. The number of amides is 1. The van der Waals surface area contributed by atoms with Crippen LogP contribution in [-0.4, -0.2) is 34.5 Å². The zero-order chi connectivity index (χ0) is 22.7. The monoisotopic (exact) mass is 478 g/mol. The molecule has 168 valence electrons. The molecule has 3 fully saturated rings. The molecule has 5 aliphatic rings. The summed E-state index contributed by atoms with van der Waals surface area (Å²) in [5.41, 5.74) is 3.05. The van der Waals surface area contributed by atoms with E-state index >= 15 is 0 Å². The number of esters is 1. The molecule has 0 radical (unpaired) electrons. The third-order valence-electron chi connectivity index (χ3n) is 7.47. The summed E-state index contributed by atoms with van der Waals surface area (Å²) in [6.07, 6.45) is 3.81. The largest absolute Gasteiger partial charge is 0.450 e. The fourth-order valence-electron chi connectivity index (χ4n) is 5.82. The minimum absolute atomic E-state index is 0.174. The van der Waals surface area contributed by atoms with Gasteiger partial charge in [0.2, 0.25) is 0 Å². The Labute approximate surface area is 201 Å². The Hall–Kier alpha value is -2.57. The van der Waals surface area contributed by atoms with Gasteiger partial charge in [-0.05, 0) is 60.9 Å². The van der Waals surface area contributed by atoms with E-state index in [0.29, 0.717) is 15.5 Å². The topological polar surface area (TPSA) is 59.0 Å². The van der Waals surface area contributed by atoms with Gasteiger partial charge in [0.25, 0.3) is 5.91 Å². The summed E-state index contributed by atoms with van der Waals surface area (Å²) in [4.78, 5) is 33.0. The number of amidine groups is 1. The third kappa shape index (κ3) is 3.26. The summed E-state index contributed by atoms with van der Waals surface area (Å²) in [6.45, 7) is 2.69. The van der Waals surface area contributed by atoms with Gasteiger partial charge >= 0.3 is 5.97 Å². The molecule has 1 amide bonds. The number of fused-ring (bicyclic) bond motifs is 4. The Morgan fingerprint density at radius 2 is 1.94 bits per heavy atom. The van der Waals surface area contributed by atoms with Crippen molar-refractivity contribution in [3.63, 3.8) is 0 Å². The fourth-order valence-corrected chi connectivity index (χ4v) is 7.01. The van der Waals surface area contributed by atoms with Crippen molar-refractivity contribution in [3.8, 4) is 0 Å². The van der Waals surface area contributed by atoms with E-state index in [9.17, 15) is 9.59 Å². The maximum absolute atomic E-state index is 12.9. The molecular formula is C26H23ClN2O3S. The Morgan fingerprint density at radius 3 is 2.76 bits per heavy atom. The zero-order valence-corrected chi connectivity index (χ0v) is 19.8. The van der Waals surface area contributed by atoms with Crippen LogP contribution in [0.5, 0.6) is 0 Å². The van der Waals surface area contributed by atoms with Gasteiger partial charge < -0.3 is 9.64 Å². The van der Waals surface area contributed by atoms with Crippen molar-refractivity contribution in [2.24, 2.45) is 10.9 Å². The van der Waals surface area contributed by atoms with Gasteiger partial charge in [-0.15, -0.1) is 0 Å². The SMILES string of the molecule is C/C(=C1/SC(N2CC3CCC[C@@H]2C[C@@]32OC(=O)c3ccccc32)=NC1=O)c1ccc(Cl)cc1. The average molecular weight is 479 g/mol. The van der Waals surface area contributed by atoms with E-state index < -0.39 is 5.60 Å².